The first kappa shape index (κ1) is 25.5. The Kier molecular flexibility index (Phi) is 8.15. The fourth-order valence-electron chi connectivity index (χ4n) is 3.51. The number of hydrogen-bond acceptors (Lipinski definition) is 6. The number of hydrogen-bond donors (Lipinski definition) is 2. The van der Waals surface area contributed by atoms with Crippen molar-refractivity contribution >= 4 is 17.4 Å². The van der Waals surface area contributed by atoms with Crippen molar-refractivity contribution in [2.75, 3.05) is 50.7 Å². The molecule has 0 bridgehead atoms. The van der Waals surface area contributed by atoms with Crippen molar-refractivity contribution in [3.05, 3.63) is 53.7 Å². The topological polar surface area (TPSA) is 100 Å². The minimum Gasteiger partial charge on any atom is -0.451 e. The molecule has 0 radical (unpaired) electrons. The van der Waals surface area contributed by atoms with Crippen molar-refractivity contribution in [2.24, 2.45) is 16.5 Å². The third-order valence-electron chi connectivity index (χ3n) is 5.60. The summed E-state index contributed by atoms with van der Waals surface area (Å²) in [6.07, 6.45) is -4.27. The number of benzene rings is 1. The highest BCUT2D eigenvalue weighted by Gasteiger charge is 2.39. The second kappa shape index (κ2) is 10.9. The molecule has 0 aliphatic carbocycles. The molecule has 1 aromatic carbocycles. The summed E-state index contributed by atoms with van der Waals surface area (Å²) in [6.45, 7) is 5.66. The van der Waals surface area contributed by atoms with Gasteiger partial charge in [-0.2, -0.15) is 13.2 Å². The van der Waals surface area contributed by atoms with Gasteiger partial charge in [-0.3, -0.25) is 15.6 Å². The van der Waals surface area contributed by atoms with Crippen LogP contribution in [0.5, 0.6) is 0 Å². The van der Waals surface area contributed by atoms with Crippen molar-refractivity contribution < 1.29 is 27.1 Å². The number of carbonyl (C=O) groups excluding carboxylic acids is 1. The van der Waals surface area contributed by atoms with Crippen LogP contribution in [0.1, 0.15) is 6.92 Å². The van der Waals surface area contributed by atoms with Gasteiger partial charge in [-0.15, -0.1) is 0 Å². The zero-order valence-electron chi connectivity index (χ0n) is 18.8. The number of dihydropyridines is 1. The van der Waals surface area contributed by atoms with Gasteiger partial charge in [-0.1, -0.05) is 6.92 Å². The van der Waals surface area contributed by atoms with E-state index < -0.39 is 24.1 Å². The Hall–Kier alpha value is -3.12. The number of carbonyl (C=O) groups is 1. The van der Waals surface area contributed by atoms with Gasteiger partial charge in [0.05, 0.1) is 18.8 Å². The van der Waals surface area contributed by atoms with E-state index in [0.29, 0.717) is 24.5 Å². The standard InChI is InChI=1S/C22H28F4N6O2/c1-2-30-9-11-31(12-10-30)21(33)32(18-7-4-16(23)5-8-18)14-17-6-3-15(13-29-17)19(27)34-20(28)22(24,25)26/h3-8,20H,2,9-14,27-28H2,1H3/b19-15-. The molecule has 2 aliphatic rings. The lowest BCUT2D eigenvalue weighted by molar-refractivity contribution is -0.208. The minimum atomic E-state index is -4.75. The normalized spacial score (nSPS) is 19.5. The zero-order chi connectivity index (χ0) is 24.9. The molecule has 2 amide bonds. The molecule has 1 unspecified atom stereocenters. The van der Waals surface area contributed by atoms with Crippen molar-refractivity contribution in [3.8, 4) is 0 Å². The van der Waals surface area contributed by atoms with Crippen LogP contribution >= 0.6 is 0 Å². The second-order valence-corrected chi connectivity index (χ2v) is 7.88. The summed E-state index contributed by atoms with van der Waals surface area (Å²) >= 11 is 0. The summed E-state index contributed by atoms with van der Waals surface area (Å²) in [5.41, 5.74) is 11.8. The van der Waals surface area contributed by atoms with Gasteiger partial charge in [0, 0.05) is 37.4 Å². The summed E-state index contributed by atoms with van der Waals surface area (Å²) < 4.78 is 55.8. The van der Waals surface area contributed by atoms with E-state index in [1.54, 1.807) is 11.0 Å². The molecule has 0 saturated carbocycles. The van der Waals surface area contributed by atoms with Gasteiger partial charge in [-0.05, 0) is 43.0 Å². The van der Waals surface area contributed by atoms with Crippen LogP contribution in [0.15, 0.2) is 52.9 Å². The number of alkyl halides is 3. The lowest BCUT2D eigenvalue weighted by atomic mass is 10.1. The highest BCUT2D eigenvalue weighted by molar-refractivity contribution is 6.05. The summed E-state index contributed by atoms with van der Waals surface area (Å²) in [5, 5.41) is 0. The molecule has 1 saturated heterocycles. The fraction of sp³-hybridized carbons (Fsp3) is 0.455. The molecule has 2 aliphatic heterocycles. The van der Waals surface area contributed by atoms with E-state index in [-0.39, 0.29) is 24.7 Å². The number of nitrogens with two attached hydrogens (primary N) is 2. The van der Waals surface area contributed by atoms with Crippen LogP contribution in [0.3, 0.4) is 0 Å². The molecular weight excluding hydrogens is 456 g/mol. The van der Waals surface area contributed by atoms with E-state index >= 15 is 0 Å². The maximum absolute atomic E-state index is 13.5. The van der Waals surface area contributed by atoms with Gasteiger partial charge >= 0.3 is 12.2 Å². The van der Waals surface area contributed by atoms with Crippen LogP contribution in [-0.4, -0.2) is 79.8 Å². The molecule has 1 atom stereocenters. The number of ether oxygens (including phenoxy) is 1. The molecule has 0 spiro atoms. The highest BCUT2D eigenvalue weighted by Crippen LogP contribution is 2.22. The molecule has 34 heavy (non-hydrogen) atoms. The molecule has 12 heteroatoms. The number of amides is 2. The maximum atomic E-state index is 13.5. The fourth-order valence-corrected chi connectivity index (χ4v) is 3.51. The van der Waals surface area contributed by atoms with E-state index in [4.69, 9.17) is 11.5 Å². The molecule has 186 valence electrons. The summed E-state index contributed by atoms with van der Waals surface area (Å²) in [7, 11) is 0. The molecule has 1 fully saturated rings. The highest BCUT2D eigenvalue weighted by atomic mass is 19.4. The zero-order valence-corrected chi connectivity index (χ0v) is 18.8. The predicted octanol–water partition coefficient (Wildman–Crippen LogP) is 2.43. The van der Waals surface area contributed by atoms with Gasteiger partial charge in [0.15, 0.2) is 5.88 Å². The molecule has 0 aromatic heterocycles. The first-order valence-electron chi connectivity index (χ1n) is 10.8. The molecule has 4 N–H and O–H groups in total. The summed E-state index contributed by atoms with van der Waals surface area (Å²) in [5.74, 6) is -0.894. The van der Waals surface area contributed by atoms with E-state index in [1.165, 1.54) is 35.2 Å². The largest absolute Gasteiger partial charge is 0.451 e. The van der Waals surface area contributed by atoms with Gasteiger partial charge < -0.3 is 20.3 Å². The van der Waals surface area contributed by atoms with E-state index in [0.717, 1.165) is 19.6 Å². The quantitative estimate of drug-likeness (QED) is 0.367. The number of aliphatic imine (C=N–C) groups is 1. The van der Waals surface area contributed by atoms with Gasteiger partial charge in [0.25, 0.3) is 0 Å². The average molecular weight is 484 g/mol. The van der Waals surface area contributed by atoms with Gasteiger partial charge in [0.2, 0.25) is 6.23 Å². The third-order valence-corrected chi connectivity index (χ3v) is 5.60. The monoisotopic (exact) mass is 484 g/mol. The SMILES string of the molecule is CCN1CCN(C(=O)N(CC2=NC/C(=C(/N)OC(N)C(F)(F)F)C=C2)c2ccc(F)cc2)CC1. The first-order valence-corrected chi connectivity index (χ1v) is 10.8. The number of urea groups is 1. The Bertz CT molecular complexity index is 953. The Balaban J connectivity index is 1.73. The molecule has 8 nitrogen and oxygen atoms in total. The van der Waals surface area contributed by atoms with Crippen molar-refractivity contribution in [3.63, 3.8) is 0 Å². The van der Waals surface area contributed by atoms with Crippen LogP contribution in [0.25, 0.3) is 0 Å². The molecule has 1 aromatic rings. The van der Waals surface area contributed by atoms with Crippen molar-refractivity contribution in [1.29, 1.82) is 0 Å². The number of anilines is 1. The van der Waals surface area contributed by atoms with Gasteiger partial charge in [-0.25, -0.2) is 9.18 Å². The summed E-state index contributed by atoms with van der Waals surface area (Å²) in [6, 6.07) is 5.33. The first-order chi connectivity index (χ1) is 16.1. The van der Waals surface area contributed by atoms with E-state index in [1.807, 2.05) is 0 Å². The Morgan fingerprint density at radius 1 is 1.18 bits per heavy atom. The third kappa shape index (κ3) is 6.48. The predicted molar refractivity (Wildman–Crippen MR) is 121 cm³/mol. The van der Waals surface area contributed by atoms with E-state index in [9.17, 15) is 22.4 Å². The average Bonchev–Trinajstić information content (AvgIpc) is 2.82. The number of piperazine rings is 1. The number of rotatable bonds is 6. The maximum Gasteiger partial charge on any atom is 0.439 e. The molecule has 3 rings (SSSR count). The second-order valence-electron chi connectivity index (χ2n) is 7.88. The van der Waals surface area contributed by atoms with Crippen molar-refractivity contribution in [2.45, 2.75) is 19.3 Å². The van der Waals surface area contributed by atoms with Crippen molar-refractivity contribution in [1.82, 2.24) is 9.80 Å². The number of nitrogens with zero attached hydrogens (tertiary/aromatic N) is 4. The number of likely N-dealkylation sites (N-methyl/N-ethyl adjacent to an activating group) is 1. The van der Waals surface area contributed by atoms with Crippen LogP contribution in [0.4, 0.5) is 28.0 Å². The van der Waals surface area contributed by atoms with Crippen LogP contribution < -0.4 is 16.4 Å². The summed E-state index contributed by atoms with van der Waals surface area (Å²) in [4.78, 5) is 23.1. The van der Waals surface area contributed by atoms with Crippen LogP contribution in [0.2, 0.25) is 0 Å². The van der Waals surface area contributed by atoms with Gasteiger partial charge in [0.1, 0.15) is 5.82 Å². The lowest BCUT2D eigenvalue weighted by Gasteiger charge is -2.37. The minimum absolute atomic E-state index is 0.0388. The van der Waals surface area contributed by atoms with Crippen LogP contribution in [-0.2, 0) is 4.74 Å². The Labute approximate surface area is 195 Å². The molecular formula is C22H28F4N6O2. The van der Waals surface area contributed by atoms with Crippen LogP contribution in [0, 0.1) is 5.82 Å². The lowest BCUT2D eigenvalue weighted by Crippen LogP contribution is -2.53. The Morgan fingerprint density at radius 3 is 2.35 bits per heavy atom. The Morgan fingerprint density at radius 2 is 1.82 bits per heavy atom. The smallest absolute Gasteiger partial charge is 0.439 e. The van der Waals surface area contributed by atoms with E-state index in [2.05, 4.69) is 21.6 Å². The molecule has 2 heterocycles. The number of halogens is 4.